The zero-order valence-corrected chi connectivity index (χ0v) is 15.5. The minimum Gasteiger partial charge on any atom is -0.467 e. The molecule has 0 aliphatic rings. The smallest absolute Gasteiger partial charge is 0.288 e. The van der Waals surface area contributed by atoms with Gasteiger partial charge in [0.1, 0.15) is 10.8 Å². The van der Waals surface area contributed by atoms with Gasteiger partial charge in [0.15, 0.2) is 0 Å². The van der Waals surface area contributed by atoms with Crippen molar-refractivity contribution in [2.45, 2.75) is 13.1 Å². The molecular weight excluding hydrogens is 382 g/mol. The van der Waals surface area contributed by atoms with Gasteiger partial charge in [0.2, 0.25) is 5.91 Å². The van der Waals surface area contributed by atoms with Crippen LogP contribution in [0.1, 0.15) is 16.9 Å². The molecule has 0 fully saturated rings. The second-order valence-corrected chi connectivity index (χ2v) is 6.34. The van der Waals surface area contributed by atoms with Gasteiger partial charge in [-0.3, -0.25) is 19.9 Å². The first-order valence-corrected chi connectivity index (χ1v) is 8.73. The highest BCUT2D eigenvalue weighted by molar-refractivity contribution is 6.32. The summed E-state index contributed by atoms with van der Waals surface area (Å²) in [7, 11) is 0. The van der Waals surface area contributed by atoms with Gasteiger partial charge in [-0.1, -0.05) is 23.7 Å². The predicted octanol–water partition coefficient (Wildman–Crippen LogP) is 4.48. The average molecular weight is 398 g/mol. The molecule has 142 valence electrons. The van der Waals surface area contributed by atoms with Crippen molar-refractivity contribution in [3.8, 4) is 0 Å². The van der Waals surface area contributed by atoms with Gasteiger partial charge >= 0.3 is 0 Å². The summed E-state index contributed by atoms with van der Waals surface area (Å²) in [6, 6.07) is 11.6. The molecule has 0 unspecified atom stereocenters. The number of benzene rings is 1. The average Bonchev–Trinajstić information content (AvgIpc) is 3.20. The van der Waals surface area contributed by atoms with Crippen LogP contribution < -0.4 is 0 Å². The lowest BCUT2D eigenvalue weighted by molar-refractivity contribution is -0.384. The van der Waals surface area contributed by atoms with Crippen LogP contribution in [0.5, 0.6) is 0 Å². The largest absolute Gasteiger partial charge is 0.467 e. The number of aromatic nitrogens is 1. The molecule has 0 radical (unpaired) electrons. The molecule has 0 bridgehead atoms. The fraction of sp³-hybridized carbons (Fsp3) is 0.100. The molecule has 2 heterocycles. The number of hydrogen-bond acceptors (Lipinski definition) is 5. The Hall–Kier alpha value is -3.45. The molecule has 1 amide bonds. The fourth-order valence-electron chi connectivity index (χ4n) is 2.56. The number of rotatable bonds is 7. The van der Waals surface area contributed by atoms with Crippen LogP contribution in [0.2, 0.25) is 5.02 Å². The number of nitro benzene ring substituents is 1. The summed E-state index contributed by atoms with van der Waals surface area (Å²) in [6.45, 7) is 0.629. The van der Waals surface area contributed by atoms with Crippen molar-refractivity contribution in [2.24, 2.45) is 0 Å². The molecule has 3 rings (SSSR count). The van der Waals surface area contributed by atoms with Gasteiger partial charge in [-0.2, -0.15) is 0 Å². The Morgan fingerprint density at radius 1 is 1.25 bits per heavy atom. The van der Waals surface area contributed by atoms with Crippen molar-refractivity contribution in [1.29, 1.82) is 0 Å². The van der Waals surface area contributed by atoms with E-state index in [2.05, 4.69) is 4.98 Å². The van der Waals surface area contributed by atoms with E-state index in [0.29, 0.717) is 17.9 Å². The summed E-state index contributed by atoms with van der Waals surface area (Å²) < 4.78 is 5.35. The summed E-state index contributed by atoms with van der Waals surface area (Å²) in [6.07, 6.45) is 7.78. The van der Waals surface area contributed by atoms with Gasteiger partial charge in [0, 0.05) is 31.1 Å². The molecule has 8 heteroatoms. The van der Waals surface area contributed by atoms with Crippen molar-refractivity contribution in [2.75, 3.05) is 0 Å². The topological polar surface area (TPSA) is 89.5 Å². The Morgan fingerprint density at radius 3 is 2.79 bits per heavy atom. The van der Waals surface area contributed by atoms with Gasteiger partial charge in [0.05, 0.1) is 17.7 Å². The van der Waals surface area contributed by atoms with E-state index in [4.69, 9.17) is 16.0 Å². The van der Waals surface area contributed by atoms with Crippen LogP contribution in [0.15, 0.2) is 71.6 Å². The SMILES string of the molecule is O=C(C=Cc1ccc(Cl)c([N+](=O)[O-])c1)N(Cc1cccnc1)Cc1ccco1. The standard InChI is InChI=1S/C20H16ClN3O4/c21-18-7-5-15(11-19(18)24(26)27)6-8-20(25)23(14-17-4-2-10-28-17)13-16-3-1-9-22-12-16/h1-12H,13-14H2. The van der Waals surface area contributed by atoms with Crippen LogP contribution in [0.25, 0.3) is 6.08 Å². The van der Waals surface area contributed by atoms with Crippen molar-refractivity contribution in [3.63, 3.8) is 0 Å². The number of amides is 1. The Morgan fingerprint density at radius 2 is 2.11 bits per heavy atom. The molecule has 28 heavy (non-hydrogen) atoms. The van der Waals surface area contributed by atoms with Crippen LogP contribution in [0.3, 0.4) is 0 Å². The zero-order chi connectivity index (χ0) is 19.9. The lowest BCUT2D eigenvalue weighted by Crippen LogP contribution is -2.28. The summed E-state index contributed by atoms with van der Waals surface area (Å²) in [5.41, 5.74) is 1.17. The summed E-state index contributed by atoms with van der Waals surface area (Å²) >= 11 is 5.82. The maximum Gasteiger partial charge on any atom is 0.288 e. The highest BCUT2D eigenvalue weighted by Gasteiger charge is 2.15. The molecule has 7 nitrogen and oxygen atoms in total. The van der Waals surface area contributed by atoms with Gasteiger partial charge in [-0.15, -0.1) is 0 Å². The van der Waals surface area contributed by atoms with Gasteiger partial charge in [-0.25, -0.2) is 0 Å². The molecule has 2 aromatic heterocycles. The summed E-state index contributed by atoms with van der Waals surface area (Å²) in [4.78, 5) is 28.9. The van der Waals surface area contributed by atoms with Crippen LogP contribution in [-0.4, -0.2) is 20.7 Å². The first kappa shape index (κ1) is 19.3. The number of halogens is 1. The van der Waals surface area contributed by atoms with E-state index < -0.39 is 4.92 Å². The number of carbonyl (C=O) groups is 1. The summed E-state index contributed by atoms with van der Waals surface area (Å²) in [5.74, 6) is 0.380. The molecule has 0 aliphatic carbocycles. The number of furan rings is 1. The lowest BCUT2D eigenvalue weighted by Gasteiger charge is -2.20. The monoisotopic (exact) mass is 397 g/mol. The van der Waals surface area contributed by atoms with Crippen LogP contribution in [0.4, 0.5) is 5.69 Å². The van der Waals surface area contributed by atoms with Gasteiger partial charge < -0.3 is 9.32 Å². The fourth-order valence-corrected chi connectivity index (χ4v) is 2.75. The number of pyridine rings is 1. The predicted molar refractivity (Wildman–Crippen MR) is 104 cm³/mol. The minimum atomic E-state index is -0.562. The van der Waals surface area contributed by atoms with E-state index in [1.807, 2.05) is 6.07 Å². The van der Waals surface area contributed by atoms with E-state index in [-0.39, 0.29) is 23.2 Å². The highest BCUT2D eigenvalue weighted by Crippen LogP contribution is 2.25. The second kappa shape index (κ2) is 8.96. The molecule has 0 saturated carbocycles. The molecule has 3 aromatic rings. The molecule has 0 saturated heterocycles. The third-order valence-corrected chi connectivity index (χ3v) is 4.24. The molecule has 0 atom stereocenters. The maximum absolute atomic E-state index is 12.7. The second-order valence-electron chi connectivity index (χ2n) is 5.94. The van der Waals surface area contributed by atoms with E-state index >= 15 is 0 Å². The molecule has 1 aromatic carbocycles. The van der Waals surface area contributed by atoms with Crippen LogP contribution in [0, 0.1) is 10.1 Å². The Labute approximate surface area is 166 Å². The number of nitrogens with zero attached hydrogens (tertiary/aromatic N) is 3. The van der Waals surface area contributed by atoms with E-state index in [1.54, 1.807) is 47.8 Å². The summed E-state index contributed by atoms with van der Waals surface area (Å²) in [5, 5.41) is 11.1. The van der Waals surface area contributed by atoms with Crippen molar-refractivity contribution >= 4 is 29.3 Å². The Bertz CT molecular complexity index is 988. The van der Waals surface area contributed by atoms with E-state index in [1.165, 1.54) is 24.3 Å². The molecule has 0 aliphatic heterocycles. The van der Waals surface area contributed by atoms with Crippen molar-refractivity contribution < 1.29 is 14.1 Å². The lowest BCUT2D eigenvalue weighted by atomic mass is 10.2. The highest BCUT2D eigenvalue weighted by atomic mass is 35.5. The normalized spacial score (nSPS) is 10.9. The minimum absolute atomic E-state index is 0.0458. The molecule has 0 spiro atoms. The third-order valence-electron chi connectivity index (χ3n) is 3.92. The van der Waals surface area contributed by atoms with Crippen LogP contribution >= 0.6 is 11.6 Å². The van der Waals surface area contributed by atoms with Gasteiger partial charge in [-0.05, 0) is 41.5 Å². The first-order valence-electron chi connectivity index (χ1n) is 8.35. The van der Waals surface area contributed by atoms with Crippen molar-refractivity contribution in [1.82, 2.24) is 9.88 Å². The Kier molecular flexibility index (Phi) is 6.18. The number of carbonyl (C=O) groups excluding carboxylic acids is 1. The van der Waals surface area contributed by atoms with Crippen LogP contribution in [-0.2, 0) is 17.9 Å². The third kappa shape index (κ3) is 5.05. The zero-order valence-electron chi connectivity index (χ0n) is 14.7. The Balaban J connectivity index is 1.79. The van der Waals surface area contributed by atoms with E-state index in [0.717, 1.165) is 5.56 Å². The van der Waals surface area contributed by atoms with E-state index in [9.17, 15) is 14.9 Å². The maximum atomic E-state index is 12.7. The van der Waals surface area contributed by atoms with Crippen molar-refractivity contribution in [3.05, 3.63) is 99.2 Å². The molecular formula is C20H16ClN3O4. The first-order chi connectivity index (χ1) is 13.5. The number of nitro groups is 1. The molecule has 0 N–H and O–H groups in total. The van der Waals surface area contributed by atoms with Gasteiger partial charge in [0.25, 0.3) is 5.69 Å². The number of hydrogen-bond donors (Lipinski definition) is 0. The quantitative estimate of drug-likeness (QED) is 0.333.